The van der Waals surface area contributed by atoms with Crippen LogP contribution in [0.2, 0.25) is 0 Å². The summed E-state index contributed by atoms with van der Waals surface area (Å²) >= 11 is 4.56. The summed E-state index contributed by atoms with van der Waals surface area (Å²) in [6.07, 6.45) is 0.886. The lowest BCUT2D eigenvalue weighted by Gasteiger charge is -2.06. The van der Waals surface area contributed by atoms with Gasteiger partial charge in [-0.15, -0.1) is 11.3 Å². The Morgan fingerprint density at radius 2 is 2.21 bits per heavy atom. The molecular formula is C16H17BrN2O4S. The summed E-state index contributed by atoms with van der Waals surface area (Å²) in [6.45, 7) is 2.45. The maximum absolute atomic E-state index is 11.9. The lowest BCUT2D eigenvalue weighted by atomic mass is 10.3. The van der Waals surface area contributed by atoms with Gasteiger partial charge in [-0.3, -0.25) is 4.79 Å². The number of nitrogens with one attached hydrogen (secondary N) is 1. The third-order valence-corrected chi connectivity index (χ3v) is 4.10. The quantitative estimate of drug-likeness (QED) is 0.525. The number of carbonyl (C=O) groups excluding carboxylic acids is 2. The molecule has 24 heavy (non-hydrogen) atoms. The predicted octanol–water partition coefficient (Wildman–Crippen LogP) is 3.88. The van der Waals surface area contributed by atoms with E-state index in [4.69, 9.17) is 9.47 Å². The van der Waals surface area contributed by atoms with Crippen LogP contribution in [0.5, 0.6) is 5.75 Å². The molecule has 0 aliphatic heterocycles. The number of nitrogens with zero attached hydrogens (tertiary/aromatic N) is 1. The SMILES string of the molecule is CCOC(=O)c1csc(NC(=O)CCCOc2cccc(Br)c2)n1. The largest absolute Gasteiger partial charge is 0.494 e. The summed E-state index contributed by atoms with van der Waals surface area (Å²) in [4.78, 5) is 27.4. The topological polar surface area (TPSA) is 77.5 Å². The first-order chi connectivity index (χ1) is 11.6. The standard InChI is InChI=1S/C16H17BrN2O4S/c1-2-22-15(21)13-10-24-16(18-13)19-14(20)7-4-8-23-12-6-3-5-11(17)9-12/h3,5-6,9-10H,2,4,7-8H2,1H3,(H,18,19,20). The van der Waals surface area contributed by atoms with Gasteiger partial charge in [-0.25, -0.2) is 9.78 Å². The minimum atomic E-state index is -0.489. The second kappa shape index (κ2) is 9.39. The maximum Gasteiger partial charge on any atom is 0.357 e. The van der Waals surface area contributed by atoms with E-state index in [1.807, 2.05) is 24.3 Å². The Labute approximate surface area is 152 Å². The number of ether oxygens (including phenoxy) is 2. The average Bonchev–Trinajstić information content (AvgIpc) is 3.00. The number of rotatable bonds is 8. The van der Waals surface area contributed by atoms with Crippen molar-refractivity contribution in [2.45, 2.75) is 19.8 Å². The fraction of sp³-hybridized carbons (Fsp3) is 0.312. The van der Waals surface area contributed by atoms with Crippen molar-refractivity contribution >= 4 is 44.3 Å². The molecule has 0 saturated carbocycles. The summed E-state index contributed by atoms with van der Waals surface area (Å²) < 4.78 is 11.4. The summed E-state index contributed by atoms with van der Waals surface area (Å²) in [5.74, 6) is 0.0954. The Hall–Kier alpha value is -1.93. The molecule has 1 amide bonds. The van der Waals surface area contributed by atoms with Crippen LogP contribution < -0.4 is 10.1 Å². The molecule has 0 atom stereocenters. The number of thiazole rings is 1. The van der Waals surface area contributed by atoms with Crippen molar-refractivity contribution in [3.05, 3.63) is 39.8 Å². The number of halogens is 1. The first-order valence-electron chi connectivity index (χ1n) is 7.39. The summed E-state index contributed by atoms with van der Waals surface area (Å²) in [7, 11) is 0. The van der Waals surface area contributed by atoms with E-state index < -0.39 is 5.97 Å². The molecule has 8 heteroatoms. The van der Waals surface area contributed by atoms with Crippen LogP contribution in [-0.4, -0.2) is 30.1 Å². The summed E-state index contributed by atoms with van der Waals surface area (Å²) in [5, 5.41) is 4.61. The number of esters is 1. The molecule has 1 N–H and O–H groups in total. The Balaban J connectivity index is 1.70. The van der Waals surface area contributed by atoms with Crippen molar-refractivity contribution < 1.29 is 19.1 Å². The highest BCUT2D eigenvalue weighted by molar-refractivity contribution is 9.10. The normalized spacial score (nSPS) is 10.2. The number of benzene rings is 1. The van der Waals surface area contributed by atoms with E-state index in [1.54, 1.807) is 12.3 Å². The van der Waals surface area contributed by atoms with Crippen LogP contribution in [0, 0.1) is 0 Å². The molecular weight excluding hydrogens is 396 g/mol. The number of hydrogen-bond acceptors (Lipinski definition) is 6. The lowest BCUT2D eigenvalue weighted by molar-refractivity contribution is -0.116. The highest BCUT2D eigenvalue weighted by Crippen LogP contribution is 2.18. The molecule has 0 aliphatic carbocycles. The van der Waals surface area contributed by atoms with Gasteiger partial charge in [0.15, 0.2) is 10.8 Å². The van der Waals surface area contributed by atoms with Crippen LogP contribution in [-0.2, 0) is 9.53 Å². The molecule has 1 aromatic carbocycles. The molecule has 0 fully saturated rings. The zero-order valence-corrected chi connectivity index (χ0v) is 15.5. The molecule has 2 rings (SSSR count). The Morgan fingerprint density at radius 3 is 2.96 bits per heavy atom. The highest BCUT2D eigenvalue weighted by atomic mass is 79.9. The smallest absolute Gasteiger partial charge is 0.357 e. The number of anilines is 1. The van der Waals surface area contributed by atoms with Gasteiger partial charge in [0.2, 0.25) is 5.91 Å². The van der Waals surface area contributed by atoms with E-state index in [9.17, 15) is 9.59 Å². The molecule has 0 unspecified atom stereocenters. The van der Waals surface area contributed by atoms with Gasteiger partial charge in [-0.05, 0) is 31.5 Å². The van der Waals surface area contributed by atoms with Crippen LogP contribution in [0.4, 0.5) is 5.13 Å². The average molecular weight is 413 g/mol. The van der Waals surface area contributed by atoms with Crippen molar-refractivity contribution in [1.29, 1.82) is 0 Å². The molecule has 0 saturated heterocycles. The zero-order valence-electron chi connectivity index (χ0n) is 13.1. The van der Waals surface area contributed by atoms with Gasteiger partial charge in [0.25, 0.3) is 0 Å². The zero-order chi connectivity index (χ0) is 17.4. The van der Waals surface area contributed by atoms with Crippen LogP contribution in [0.25, 0.3) is 0 Å². The molecule has 1 heterocycles. The fourth-order valence-electron chi connectivity index (χ4n) is 1.79. The van der Waals surface area contributed by atoms with Crippen LogP contribution >= 0.6 is 27.3 Å². The molecule has 2 aromatic rings. The molecule has 1 aromatic heterocycles. The van der Waals surface area contributed by atoms with Gasteiger partial charge in [-0.2, -0.15) is 0 Å². The van der Waals surface area contributed by atoms with Gasteiger partial charge in [-0.1, -0.05) is 22.0 Å². The minimum absolute atomic E-state index is 0.169. The van der Waals surface area contributed by atoms with Crippen molar-refractivity contribution in [1.82, 2.24) is 4.98 Å². The Morgan fingerprint density at radius 1 is 1.38 bits per heavy atom. The molecule has 0 aliphatic rings. The highest BCUT2D eigenvalue weighted by Gasteiger charge is 2.13. The van der Waals surface area contributed by atoms with Gasteiger partial charge in [0.05, 0.1) is 13.2 Å². The van der Waals surface area contributed by atoms with Gasteiger partial charge < -0.3 is 14.8 Å². The first-order valence-corrected chi connectivity index (χ1v) is 9.06. The van der Waals surface area contributed by atoms with E-state index in [-0.39, 0.29) is 18.2 Å². The van der Waals surface area contributed by atoms with Gasteiger partial charge in [0, 0.05) is 16.3 Å². The first kappa shape index (κ1) is 18.4. The molecule has 0 spiro atoms. The van der Waals surface area contributed by atoms with E-state index in [0.717, 1.165) is 10.2 Å². The van der Waals surface area contributed by atoms with E-state index in [1.165, 1.54) is 11.3 Å². The van der Waals surface area contributed by atoms with Gasteiger partial charge in [0.1, 0.15) is 5.75 Å². The second-order valence-electron chi connectivity index (χ2n) is 4.72. The Bertz CT molecular complexity index is 705. The maximum atomic E-state index is 11.9. The molecule has 128 valence electrons. The van der Waals surface area contributed by atoms with Crippen LogP contribution in [0.3, 0.4) is 0 Å². The number of amides is 1. The van der Waals surface area contributed by atoms with E-state index in [0.29, 0.717) is 24.6 Å². The van der Waals surface area contributed by atoms with Crippen molar-refractivity contribution in [3.8, 4) is 5.75 Å². The van der Waals surface area contributed by atoms with E-state index >= 15 is 0 Å². The number of carbonyl (C=O) groups is 2. The predicted molar refractivity (Wildman–Crippen MR) is 95.6 cm³/mol. The molecule has 0 bridgehead atoms. The lowest BCUT2D eigenvalue weighted by Crippen LogP contribution is -2.13. The van der Waals surface area contributed by atoms with E-state index in [2.05, 4.69) is 26.2 Å². The molecule has 0 radical (unpaired) electrons. The fourth-order valence-corrected chi connectivity index (χ4v) is 2.87. The molecule has 6 nitrogen and oxygen atoms in total. The summed E-state index contributed by atoms with van der Waals surface area (Å²) in [5.41, 5.74) is 0.204. The third kappa shape index (κ3) is 5.93. The van der Waals surface area contributed by atoms with Crippen molar-refractivity contribution in [2.75, 3.05) is 18.5 Å². The van der Waals surface area contributed by atoms with Crippen LogP contribution in [0.1, 0.15) is 30.3 Å². The van der Waals surface area contributed by atoms with Gasteiger partial charge >= 0.3 is 5.97 Å². The van der Waals surface area contributed by atoms with Crippen LogP contribution in [0.15, 0.2) is 34.1 Å². The minimum Gasteiger partial charge on any atom is -0.494 e. The monoisotopic (exact) mass is 412 g/mol. The van der Waals surface area contributed by atoms with Crippen molar-refractivity contribution in [2.24, 2.45) is 0 Å². The van der Waals surface area contributed by atoms with Crippen molar-refractivity contribution in [3.63, 3.8) is 0 Å². The number of hydrogen-bond donors (Lipinski definition) is 1. The second-order valence-corrected chi connectivity index (χ2v) is 6.49. The summed E-state index contributed by atoms with van der Waals surface area (Å²) in [6, 6.07) is 7.53. The number of aromatic nitrogens is 1. The Kier molecular flexibility index (Phi) is 7.20. The third-order valence-electron chi connectivity index (χ3n) is 2.85.